The third kappa shape index (κ3) is 4.51. The van der Waals surface area contributed by atoms with Crippen molar-refractivity contribution in [1.29, 1.82) is 0 Å². The summed E-state index contributed by atoms with van der Waals surface area (Å²) in [4.78, 5) is 34.7. The molecule has 0 bridgehead atoms. The second-order valence-electron chi connectivity index (χ2n) is 8.90. The summed E-state index contributed by atoms with van der Waals surface area (Å²) in [5.74, 6) is -1.43. The maximum absolute atomic E-state index is 14.8. The normalized spacial score (nSPS) is 17.7. The molecule has 0 aliphatic carbocycles. The minimum atomic E-state index is -4.72. The number of anilines is 1. The van der Waals surface area contributed by atoms with Gasteiger partial charge in [0.2, 0.25) is 0 Å². The van der Waals surface area contributed by atoms with E-state index >= 15 is 0 Å². The predicted octanol–water partition coefficient (Wildman–Crippen LogP) is 3.29. The number of alkyl halides is 4. The summed E-state index contributed by atoms with van der Waals surface area (Å²) in [5.41, 5.74) is 5.44. The minimum absolute atomic E-state index is 0.0480. The fraction of sp³-hybridized carbons (Fsp3) is 0.240. The highest BCUT2D eigenvalue weighted by atomic mass is 19.4. The first kappa shape index (κ1) is 25.1. The maximum atomic E-state index is 14.8. The molecule has 0 saturated carbocycles. The Morgan fingerprint density at radius 3 is 2.61 bits per heavy atom. The van der Waals surface area contributed by atoms with E-state index in [0.717, 1.165) is 16.9 Å². The Morgan fingerprint density at radius 1 is 1.11 bits per heavy atom. The number of fused-ring (bicyclic) bond motifs is 1. The van der Waals surface area contributed by atoms with Crippen molar-refractivity contribution in [1.82, 2.24) is 29.8 Å². The van der Waals surface area contributed by atoms with Gasteiger partial charge in [0.15, 0.2) is 5.82 Å². The zero-order valence-electron chi connectivity index (χ0n) is 19.9. The van der Waals surface area contributed by atoms with Gasteiger partial charge in [0, 0.05) is 23.9 Å². The molecule has 3 aromatic heterocycles. The molecule has 1 aromatic carbocycles. The van der Waals surface area contributed by atoms with Crippen molar-refractivity contribution < 1.29 is 27.2 Å². The standard InChI is InChI=1S/C25H21F4N7O2/c1-13-5-6-14(20-9-16(25(27,28)29)21-22(30)32-12-33-36(20)21)8-15(13)23(37)34-19-11-35(10-17(19)26)24(38)18-4-2-3-7-31-18/h2-9,12,17,19H,10-11H2,1H3,(H,34,37)(H2,30,32,33)/t17-,19+/m0/s1. The number of carbonyl (C=O) groups excluding carboxylic acids is 2. The Bertz CT molecular complexity index is 1540. The maximum Gasteiger partial charge on any atom is 0.418 e. The van der Waals surface area contributed by atoms with Crippen LogP contribution in [0.3, 0.4) is 0 Å². The lowest BCUT2D eigenvalue weighted by Crippen LogP contribution is -2.42. The van der Waals surface area contributed by atoms with Gasteiger partial charge in [-0.2, -0.15) is 18.3 Å². The monoisotopic (exact) mass is 527 g/mol. The van der Waals surface area contributed by atoms with Crippen molar-refractivity contribution in [2.24, 2.45) is 0 Å². The fourth-order valence-corrected chi connectivity index (χ4v) is 4.48. The topological polar surface area (TPSA) is 119 Å². The molecule has 0 radical (unpaired) electrons. The molecule has 2 amide bonds. The minimum Gasteiger partial charge on any atom is -0.382 e. The number of benzene rings is 1. The van der Waals surface area contributed by atoms with Crippen LogP contribution in [0.5, 0.6) is 0 Å². The van der Waals surface area contributed by atoms with E-state index in [1.165, 1.54) is 23.2 Å². The number of carbonyl (C=O) groups is 2. The molecule has 3 N–H and O–H groups in total. The third-order valence-corrected chi connectivity index (χ3v) is 6.40. The Hall–Kier alpha value is -4.55. The molecule has 0 spiro atoms. The quantitative estimate of drug-likeness (QED) is 0.393. The molecule has 1 aliphatic rings. The zero-order valence-corrected chi connectivity index (χ0v) is 19.9. The predicted molar refractivity (Wildman–Crippen MR) is 129 cm³/mol. The van der Waals surface area contributed by atoms with Crippen LogP contribution in [0, 0.1) is 6.92 Å². The zero-order chi connectivity index (χ0) is 27.2. The van der Waals surface area contributed by atoms with E-state index in [1.807, 2.05) is 0 Å². The van der Waals surface area contributed by atoms with Crippen LogP contribution in [-0.2, 0) is 6.18 Å². The van der Waals surface area contributed by atoms with E-state index in [2.05, 4.69) is 20.4 Å². The van der Waals surface area contributed by atoms with Gasteiger partial charge in [0.25, 0.3) is 11.8 Å². The van der Waals surface area contributed by atoms with Crippen LogP contribution in [0.4, 0.5) is 23.4 Å². The summed E-state index contributed by atoms with van der Waals surface area (Å²) in [6.45, 7) is 1.38. The molecular weight excluding hydrogens is 506 g/mol. The van der Waals surface area contributed by atoms with Crippen LogP contribution in [0.25, 0.3) is 16.8 Å². The van der Waals surface area contributed by atoms with Gasteiger partial charge in [-0.3, -0.25) is 14.6 Å². The van der Waals surface area contributed by atoms with Gasteiger partial charge in [-0.05, 0) is 36.8 Å². The van der Waals surface area contributed by atoms with E-state index in [-0.39, 0.29) is 41.4 Å². The van der Waals surface area contributed by atoms with Gasteiger partial charge in [0.1, 0.15) is 23.7 Å². The summed E-state index contributed by atoms with van der Waals surface area (Å²) in [6.07, 6.45) is -3.74. The van der Waals surface area contributed by atoms with E-state index in [9.17, 15) is 27.2 Å². The molecular formula is C25H21F4N7O2. The van der Waals surface area contributed by atoms with E-state index < -0.39 is 41.3 Å². The number of aryl methyl sites for hydroxylation is 1. The van der Waals surface area contributed by atoms with Crippen molar-refractivity contribution in [2.75, 3.05) is 18.8 Å². The highest BCUT2D eigenvalue weighted by Gasteiger charge is 2.38. The molecule has 2 atom stereocenters. The number of nitrogens with one attached hydrogen (secondary N) is 1. The van der Waals surface area contributed by atoms with Crippen LogP contribution < -0.4 is 11.1 Å². The summed E-state index contributed by atoms with van der Waals surface area (Å²) >= 11 is 0. The average Bonchev–Trinajstić information content (AvgIpc) is 3.46. The second-order valence-corrected chi connectivity index (χ2v) is 8.90. The highest BCUT2D eigenvalue weighted by Crippen LogP contribution is 2.38. The van der Waals surface area contributed by atoms with Crippen LogP contribution in [-0.4, -0.2) is 61.6 Å². The average molecular weight is 527 g/mol. The largest absolute Gasteiger partial charge is 0.418 e. The molecule has 38 heavy (non-hydrogen) atoms. The number of rotatable bonds is 4. The number of pyridine rings is 1. The molecule has 5 rings (SSSR count). The Balaban J connectivity index is 1.42. The molecule has 13 heteroatoms. The number of nitrogens with zero attached hydrogens (tertiary/aromatic N) is 5. The first-order valence-corrected chi connectivity index (χ1v) is 11.5. The SMILES string of the molecule is Cc1ccc(-c2cc(C(F)(F)F)c3c(N)ncnn23)cc1C(=O)N[C@@H]1CN(C(=O)c2ccccn2)C[C@@H]1F. The third-order valence-electron chi connectivity index (χ3n) is 6.40. The van der Waals surface area contributed by atoms with Gasteiger partial charge in [-0.1, -0.05) is 18.2 Å². The van der Waals surface area contributed by atoms with Crippen molar-refractivity contribution in [3.63, 3.8) is 0 Å². The lowest BCUT2D eigenvalue weighted by atomic mass is 10.0. The molecule has 1 aliphatic heterocycles. The lowest BCUT2D eigenvalue weighted by Gasteiger charge is -2.17. The Labute approximate surface area is 213 Å². The summed E-state index contributed by atoms with van der Waals surface area (Å²) < 4.78 is 56.9. The molecule has 4 aromatic rings. The van der Waals surface area contributed by atoms with Crippen LogP contribution in [0.2, 0.25) is 0 Å². The van der Waals surface area contributed by atoms with Gasteiger partial charge in [-0.25, -0.2) is 13.9 Å². The smallest absolute Gasteiger partial charge is 0.382 e. The highest BCUT2D eigenvalue weighted by molar-refractivity contribution is 5.97. The summed E-state index contributed by atoms with van der Waals surface area (Å²) in [6, 6.07) is 9.26. The van der Waals surface area contributed by atoms with Gasteiger partial charge in [0.05, 0.1) is 23.8 Å². The number of hydrogen-bond donors (Lipinski definition) is 2. The second kappa shape index (κ2) is 9.39. The Morgan fingerprint density at radius 2 is 1.89 bits per heavy atom. The molecule has 4 heterocycles. The Kier molecular flexibility index (Phi) is 6.21. The first-order valence-electron chi connectivity index (χ1n) is 11.5. The lowest BCUT2D eigenvalue weighted by molar-refractivity contribution is -0.136. The number of likely N-dealkylation sites (tertiary alicyclic amines) is 1. The molecule has 0 unspecified atom stereocenters. The van der Waals surface area contributed by atoms with Gasteiger partial charge >= 0.3 is 6.18 Å². The summed E-state index contributed by atoms with van der Waals surface area (Å²) in [5, 5.41) is 6.54. The van der Waals surface area contributed by atoms with E-state index in [4.69, 9.17) is 5.73 Å². The van der Waals surface area contributed by atoms with Gasteiger partial charge in [-0.15, -0.1) is 0 Å². The fourth-order valence-electron chi connectivity index (χ4n) is 4.48. The number of nitrogens with two attached hydrogens (primary N) is 1. The van der Waals surface area contributed by atoms with Crippen LogP contribution >= 0.6 is 0 Å². The van der Waals surface area contributed by atoms with Gasteiger partial charge < -0.3 is 16.0 Å². The number of aromatic nitrogens is 4. The van der Waals surface area contributed by atoms with E-state index in [1.54, 1.807) is 31.2 Å². The number of amides is 2. The first-order chi connectivity index (χ1) is 18.0. The van der Waals surface area contributed by atoms with Crippen molar-refractivity contribution in [3.8, 4) is 11.3 Å². The number of nitrogen functional groups attached to an aromatic ring is 1. The molecule has 196 valence electrons. The van der Waals surface area contributed by atoms with Crippen molar-refractivity contribution >= 4 is 23.1 Å². The molecule has 1 saturated heterocycles. The molecule has 9 nitrogen and oxygen atoms in total. The summed E-state index contributed by atoms with van der Waals surface area (Å²) in [7, 11) is 0. The molecule has 1 fully saturated rings. The van der Waals surface area contributed by atoms with E-state index in [0.29, 0.717) is 5.56 Å². The van der Waals surface area contributed by atoms with Crippen LogP contribution in [0.1, 0.15) is 32.0 Å². The number of hydrogen-bond acceptors (Lipinski definition) is 6. The van der Waals surface area contributed by atoms with Crippen LogP contribution in [0.15, 0.2) is 55.0 Å². The number of halogens is 4. The van der Waals surface area contributed by atoms with Crippen molar-refractivity contribution in [2.45, 2.75) is 25.3 Å². The van der Waals surface area contributed by atoms with Crippen molar-refractivity contribution in [3.05, 3.63) is 77.4 Å².